The van der Waals surface area contributed by atoms with Crippen LogP contribution in [0.1, 0.15) is 39.4 Å². The van der Waals surface area contributed by atoms with Crippen molar-refractivity contribution in [1.29, 1.82) is 0 Å². The van der Waals surface area contributed by atoms with Crippen molar-refractivity contribution in [3.05, 3.63) is 35.9 Å². The van der Waals surface area contributed by atoms with Crippen LogP contribution in [0.2, 0.25) is 0 Å². The van der Waals surface area contributed by atoms with E-state index in [9.17, 15) is 9.90 Å². The molecule has 16 heavy (non-hydrogen) atoms. The van der Waals surface area contributed by atoms with Gasteiger partial charge in [-0.2, -0.15) is 0 Å². The standard InChI is InChI=1S/C10H14O.C4H8O/c1-8(2)10(11)9-6-4-3-5-7-9;1-4(2)3-5/h3-8,10-11H,1-2H3;3-4H,1-2H3/t10-;/m1./s1. The molecule has 0 amide bonds. The lowest BCUT2D eigenvalue weighted by Crippen LogP contribution is -2.04. The number of aldehydes is 1. The predicted molar refractivity (Wildman–Crippen MR) is 67.1 cm³/mol. The Balaban J connectivity index is 0.000000385. The van der Waals surface area contributed by atoms with Crippen LogP contribution in [0.25, 0.3) is 0 Å². The molecule has 1 aromatic rings. The number of aliphatic hydroxyl groups excluding tert-OH is 1. The minimum atomic E-state index is -0.323. The van der Waals surface area contributed by atoms with Gasteiger partial charge in [0.2, 0.25) is 0 Å². The zero-order chi connectivity index (χ0) is 12.6. The van der Waals surface area contributed by atoms with Crippen LogP contribution in [0, 0.1) is 11.8 Å². The second kappa shape index (κ2) is 8.05. The van der Waals surface area contributed by atoms with Gasteiger partial charge < -0.3 is 9.90 Å². The summed E-state index contributed by atoms with van der Waals surface area (Å²) in [6.45, 7) is 7.73. The molecule has 0 saturated carbocycles. The average Bonchev–Trinajstić information content (AvgIpc) is 2.29. The van der Waals surface area contributed by atoms with E-state index in [-0.39, 0.29) is 17.9 Å². The van der Waals surface area contributed by atoms with Crippen molar-refractivity contribution in [2.75, 3.05) is 0 Å². The molecule has 0 unspecified atom stereocenters. The third-order valence-corrected chi connectivity index (χ3v) is 2.04. The third kappa shape index (κ3) is 6.36. The lowest BCUT2D eigenvalue weighted by molar-refractivity contribution is -0.110. The first-order valence-corrected chi connectivity index (χ1v) is 5.67. The van der Waals surface area contributed by atoms with E-state index in [2.05, 4.69) is 0 Å². The van der Waals surface area contributed by atoms with Gasteiger partial charge >= 0.3 is 0 Å². The van der Waals surface area contributed by atoms with E-state index in [4.69, 9.17) is 0 Å². The fourth-order valence-electron chi connectivity index (χ4n) is 1.04. The van der Waals surface area contributed by atoms with E-state index in [1.165, 1.54) is 0 Å². The molecule has 0 bridgehead atoms. The second-order valence-electron chi connectivity index (χ2n) is 4.48. The van der Waals surface area contributed by atoms with Crippen LogP contribution >= 0.6 is 0 Å². The van der Waals surface area contributed by atoms with Crippen molar-refractivity contribution in [3.8, 4) is 0 Å². The topological polar surface area (TPSA) is 37.3 Å². The molecule has 0 aromatic heterocycles. The normalized spacial score (nSPS) is 11.9. The molecule has 1 atom stereocenters. The van der Waals surface area contributed by atoms with Crippen LogP contribution in [0.15, 0.2) is 30.3 Å². The largest absolute Gasteiger partial charge is 0.388 e. The highest BCUT2D eigenvalue weighted by Gasteiger charge is 2.09. The van der Waals surface area contributed by atoms with Gasteiger partial charge in [-0.1, -0.05) is 58.0 Å². The number of benzene rings is 1. The average molecular weight is 222 g/mol. The van der Waals surface area contributed by atoms with E-state index >= 15 is 0 Å². The minimum absolute atomic E-state index is 0.204. The summed E-state index contributed by atoms with van der Waals surface area (Å²) in [7, 11) is 0. The Labute approximate surface area is 98.3 Å². The molecule has 0 aliphatic carbocycles. The molecule has 0 heterocycles. The summed E-state index contributed by atoms with van der Waals surface area (Å²) < 4.78 is 0. The first-order valence-electron chi connectivity index (χ1n) is 5.67. The first kappa shape index (κ1) is 14.8. The molecular formula is C14H22O2. The van der Waals surface area contributed by atoms with Crippen LogP contribution in [0.3, 0.4) is 0 Å². The van der Waals surface area contributed by atoms with Crippen molar-refractivity contribution >= 4 is 6.29 Å². The fourth-order valence-corrected chi connectivity index (χ4v) is 1.04. The Bertz CT molecular complexity index is 278. The highest BCUT2D eigenvalue weighted by atomic mass is 16.3. The lowest BCUT2D eigenvalue weighted by Gasteiger charge is -2.13. The molecule has 0 fully saturated rings. The first-order chi connectivity index (χ1) is 7.49. The molecule has 1 aromatic carbocycles. The maximum atomic E-state index is 9.60. The van der Waals surface area contributed by atoms with Gasteiger partial charge in [0.1, 0.15) is 6.29 Å². The Morgan fingerprint density at radius 3 is 1.81 bits per heavy atom. The molecular weight excluding hydrogens is 200 g/mol. The van der Waals surface area contributed by atoms with Crippen molar-refractivity contribution in [2.24, 2.45) is 11.8 Å². The Hall–Kier alpha value is -1.15. The molecule has 0 spiro atoms. The van der Waals surface area contributed by atoms with Gasteiger partial charge in [0.05, 0.1) is 6.10 Å². The third-order valence-electron chi connectivity index (χ3n) is 2.04. The Kier molecular flexibility index (Phi) is 7.48. The number of carbonyl (C=O) groups is 1. The lowest BCUT2D eigenvalue weighted by atomic mass is 10.00. The molecule has 1 rings (SSSR count). The summed E-state index contributed by atoms with van der Waals surface area (Å²) >= 11 is 0. The van der Waals surface area contributed by atoms with E-state index < -0.39 is 0 Å². The highest BCUT2D eigenvalue weighted by Crippen LogP contribution is 2.19. The molecule has 0 radical (unpaired) electrons. The van der Waals surface area contributed by atoms with Gasteiger partial charge in [-0.25, -0.2) is 0 Å². The maximum Gasteiger partial charge on any atom is 0.122 e. The molecule has 90 valence electrons. The fraction of sp³-hybridized carbons (Fsp3) is 0.500. The summed E-state index contributed by atoms with van der Waals surface area (Å²) in [6, 6.07) is 9.74. The highest BCUT2D eigenvalue weighted by molar-refractivity contribution is 5.51. The van der Waals surface area contributed by atoms with E-state index in [0.717, 1.165) is 11.8 Å². The number of hydrogen-bond acceptors (Lipinski definition) is 2. The maximum absolute atomic E-state index is 9.60. The smallest absolute Gasteiger partial charge is 0.122 e. The molecule has 2 nitrogen and oxygen atoms in total. The number of rotatable bonds is 3. The SMILES string of the molecule is CC(C)C=O.CC(C)[C@@H](O)c1ccccc1. The number of hydrogen-bond donors (Lipinski definition) is 1. The van der Waals surface area contributed by atoms with Gasteiger partial charge in [0, 0.05) is 5.92 Å². The minimum Gasteiger partial charge on any atom is -0.388 e. The Morgan fingerprint density at radius 1 is 1.06 bits per heavy atom. The van der Waals surface area contributed by atoms with Gasteiger partial charge in [-0.15, -0.1) is 0 Å². The van der Waals surface area contributed by atoms with Gasteiger partial charge in [-0.05, 0) is 11.5 Å². The number of carbonyl (C=O) groups excluding carboxylic acids is 1. The van der Waals surface area contributed by atoms with Crippen molar-refractivity contribution < 1.29 is 9.90 Å². The molecule has 0 aliphatic heterocycles. The summed E-state index contributed by atoms with van der Waals surface area (Å²) in [5, 5.41) is 9.60. The van der Waals surface area contributed by atoms with Crippen LogP contribution in [0.4, 0.5) is 0 Å². The second-order valence-corrected chi connectivity index (χ2v) is 4.48. The van der Waals surface area contributed by atoms with Gasteiger partial charge in [0.15, 0.2) is 0 Å². The molecule has 0 saturated heterocycles. The molecule has 0 aliphatic rings. The van der Waals surface area contributed by atoms with E-state index in [1.807, 2.05) is 58.0 Å². The van der Waals surface area contributed by atoms with E-state index in [0.29, 0.717) is 0 Å². The van der Waals surface area contributed by atoms with Gasteiger partial charge in [-0.3, -0.25) is 0 Å². The quantitative estimate of drug-likeness (QED) is 0.797. The summed E-state index contributed by atoms with van der Waals surface area (Å²) in [6.07, 6.45) is 0.594. The number of aliphatic hydroxyl groups is 1. The van der Waals surface area contributed by atoms with Crippen LogP contribution in [-0.4, -0.2) is 11.4 Å². The summed E-state index contributed by atoms with van der Waals surface area (Å²) in [5.74, 6) is 0.493. The van der Waals surface area contributed by atoms with Crippen LogP contribution in [0.5, 0.6) is 0 Å². The van der Waals surface area contributed by atoms with Crippen LogP contribution < -0.4 is 0 Å². The summed E-state index contributed by atoms with van der Waals surface area (Å²) in [4.78, 5) is 9.50. The molecule has 2 heteroatoms. The van der Waals surface area contributed by atoms with Crippen molar-refractivity contribution in [1.82, 2.24) is 0 Å². The zero-order valence-electron chi connectivity index (χ0n) is 10.6. The van der Waals surface area contributed by atoms with Crippen LogP contribution in [-0.2, 0) is 4.79 Å². The zero-order valence-corrected chi connectivity index (χ0v) is 10.6. The Morgan fingerprint density at radius 2 is 1.50 bits per heavy atom. The van der Waals surface area contributed by atoms with Crippen molar-refractivity contribution in [3.63, 3.8) is 0 Å². The monoisotopic (exact) mass is 222 g/mol. The summed E-state index contributed by atoms with van der Waals surface area (Å²) in [5.41, 5.74) is 1.00. The molecule has 1 N–H and O–H groups in total. The van der Waals surface area contributed by atoms with Gasteiger partial charge in [0.25, 0.3) is 0 Å². The predicted octanol–water partition coefficient (Wildman–Crippen LogP) is 3.22. The van der Waals surface area contributed by atoms with E-state index in [1.54, 1.807) is 0 Å². The van der Waals surface area contributed by atoms with Crippen molar-refractivity contribution in [2.45, 2.75) is 33.8 Å².